The third-order valence-electron chi connectivity index (χ3n) is 4.08. The van der Waals surface area contributed by atoms with Crippen molar-refractivity contribution in [3.63, 3.8) is 0 Å². The molecule has 7 heteroatoms. The number of hydrogen-bond acceptors (Lipinski definition) is 4. The maximum absolute atomic E-state index is 12.5. The van der Waals surface area contributed by atoms with Crippen LogP contribution in [0.15, 0.2) is 94.2 Å². The summed E-state index contributed by atoms with van der Waals surface area (Å²) in [6.45, 7) is 0. The third kappa shape index (κ3) is 3.74. The van der Waals surface area contributed by atoms with E-state index in [4.69, 9.17) is 4.42 Å². The van der Waals surface area contributed by atoms with Crippen molar-refractivity contribution in [3.05, 3.63) is 90.7 Å². The predicted octanol–water partition coefficient (Wildman–Crippen LogP) is 4.49. The number of anilines is 2. The van der Waals surface area contributed by atoms with Crippen LogP contribution in [0.1, 0.15) is 10.6 Å². The van der Waals surface area contributed by atoms with Crippen LogP contribution in [0, 0.1) is 0 Å². The van der Waals surface area contributed by atoms with Gasteiger partial charge in [0, 0.05) is 11.1 Å². The summed E-state index contributed by atoms with van der Waals surface area (Å²) in [4.78, 5) is 12.6. The molecule has 0 saturated heterocycles. The Bertz CT molecular complexity index is 1210. The van der Waals surface area contributed by atoms with Crippen molar-refractivity contribution in [1.29, 1.82) is 0 Å². The third-order valence-corrected chi connectivity index (χ3v) is 5.47. The lowest BCUT2D eigenvalue weighted by Crippen LogP contribution is -2.14. The molecule has 0 aliphatic rings. The van der Waals surface area contributed by atoms with Gasteiger partial charge in [-0.25, -0.2) is 8.42 Å². The lowest BCUT2D eigenvalue weighted by Gasteiger charge is -2.10. The average molecular weight is 392 g/mol. The molecule has 4 rings (SSSR count). The van der Waals surface area contributed by atoms with Gasteiger partial charge in [-0.2, -0.15) is 0 Å². The monoisotopic (exact) mass is 392 g/mol. The zero-order valence-electron chi connectivity index (χ0n) is 14.6. The highest BCUT2D eigenvalue weighted by molar-refractivity contribution is 7.92. The van der Waals surface area contributed by atoms with Gasteiger partial charge in [-0.05, 0) is 42.5 Å². The van der Waals surface area contributed by atoms with Crippen molar-refractivity contribution in [2.75, 3.05) is 10.0 Å². The van der Waals surface area contributed by atoms with Crippen molar-refractivity contribution >= 4 is 38.3 Å². The molecule has 1 amide bonds. The van der Waals surface area contributed by atoms with Crippen LogP contribution in [0.25, 0.3) is 11.0 Å². The Morgan fingerprint density at radius 2 is 1.50 bits per heavy atom. The SMILES string of the molecule is O=C(Nc1cccc(NS(=O)(=O)c2ccccc2)c1)c1cc2ccccc2o1. The molecule has 0 aliphatic carbocycles. The van der Waals surface area contributed by atoms with Gasteiger partial charge in [0.15, 0.2) is 5.76 Å². The number of sulfonamides is 1. The molecule has 0 aliphatic heterocycles. The number of carbonyl (C=O) groups excluding carboxylic acids is 1. The Labute approximate surface area is 161 Å². The van der Waals surface area contributed by atoms with Crippen LogP contribution in [0.3, 0.4) is 0 Å². The Hall–Kier alpha value is -3.58. The van der Waals surface area contributed by atoms with Gasteiger partial charge in [-0.15, -0.1) is 0 Å². The molecule has 1 aromatic heterocycles. The lowest BCUT2D eigenvalue weighted by atomic mass is 10.2. The van der Waals surface area contributed by atoms with E-state index in [0.29, 0.717) is 17.0 Å². The molecule has 0 radical (unpaired) electrons. The van der Waals surface area contributed by atoms with Gasteiger partial charge in [0.05, 0.1) is 10.6 Å². The van der Waals surface area contributed by atoms with Gasteiger partial charge < -0.3 is 9.73 Å². The maximum Gasteiger partial charge on any atom is 0.291 e. The minimum Gasteiger partial charge on any atom is -0.451 e. The summed E-state index contributed by atoms with van der Waals surface area (Å²) < 4.78 is 32.9. The van der Waals surface area contributed by atoms with Crippen molar-refractivity contribution in [2.45, 2.75) is 4.90 Å². The molecule has 6 nitrogen and oxygen atoms in total. The standard InChI is InChI=1S/C21H16N2O4S/c24-21(20-13-15-7-4-5-12-19(15)27-20)22-16-8-6-9-17(14-16)23-28(25,26)18-10-2-1-3-11-18/h1-14,23H,(H,22,24). The molecule has 4 aromatic rings. The molecule has 2 N–H and O–H groups in total. The van der Waals surface area contributed by atoms with E-state index in [-0.39, 0.29) is 10.7 Å². The number of benzene rings is 3. The van der Waals surface area contributed by atoms with Gasteiger partial charge in [-0.1, -0.05) is 42.5 Å². The van der Waals surface area contributed by atoms with Crippen LogP contribution < -0.4 is 10.0 Å². The molecule has 0 atom stereocenters. The second-order valence-corrected chi connectivity index (χ2v) is 7.78. The van der Waals surface area contributed by atoms with Crippen LogP contribution in [-0.2, 0) is 10.0 Å². The summed E-state index contributed by atoms with van der Waals surface area (Å²) in [5, 5.41) is 3.55. The van der Waals surface area contributed by atoms with E-state index >= 15 is 0 Å². The topological polar surface area (TPSA) is 88.4 Å². The molecule has 3 aromatic carbocycles. The van der Waals surface area contributed by atoms with Gasteiger partial charge in [0.25, 0.3) is 15.9 Å². The molecule has 28 heavy (non-hydrogen) atoms. The Kier molecular flexibility index (Phi) is 4.58. The number of carbonyl (C=O) groups is 1. The Balaban J connectivity index is 1.53. The first-order chi connectivity index (χ1) is 13.5. The van der Waals surface area contributed by atoms with Crippen LogP contribution in [0.5, 0.6) is 0 Å². The van der Waals surface area contributed by atoms with Crippen LogP contribution in [-0.4, -0.2) is 14.3 Å². The fraction of sp³-hybridized carbons (Fsp3) is 0. The summed E-state index contributed by atoms with van der Waals surface area (Å²) in [6.07, 6.45) is 0. The van der Waals surface area contributed by atoms with Crippen LogP contribution in [0.2, 0.25) is 0 Å². The first kappa shape index (κ1) is 17.8. The number of amides is 1. The summed E-state index contributed by atoms with van der Waals surface area (Å²) in [5.74, 6) is -0.240. The number of hydrogen-bond donors (Lipinski definition) is 2. The zero-order valence-corrected chi connectivity index (χ0v) is 15.4. The summed E-state index contributed by atoms with van der Waals surface area (Å²) in [6, 6.07) is 23.5. The first-order valence-electron chi connectivity index (χ1n) is 8.49. The van der Waals surface area contributed by atoms with E-state index in [1.165, 1.54) is 12.1 Å². The summed E-state index contributed by atoms with van der Waals surface area (Å²) in [5.41, 5.74) is 1.40. The first-order valence-corrected chi connectivity index (χ1v) is 9.97. The summed E-state index contributed by atoms with van der Waals surface area (Å²) in [7, 11) is -3.71. The van der Waals surface area contributed by atoms with E-state index in [9.17, 15) is 13.2 Å². The smallest absolute Gasteiger partial charge is 0.291 e. The van der Waals surface area contributed by atoms with E-state index < -0.39 is 15.9 Å². The molecular weight excluding hydrogens is 376 g/mol. The van der Waals surface area contributed by atoms with Gasteiger partial charge >= 0.3 is 0 Å². The predicted molar refractivity (Wildman–Crippen MR) is 108 cm³/mol. The fourth-order valence-corrected chi connectivity index (χ4v) is 3.83. The number of fused-ring (bicyclic) bond motifs is 1. The van der Waals surface area contributed by atoms with Gasteiger partial charge in [0.1, 0.15) is 5.58 Å². The number of rotatable bonds is 5. The van der Waals surface area contributed by atoms with Crippen molar-refractivity contribution in [1.82, 2.24) is 0 Å². The zero-order chi connectivity index (χ0) is 19.6. The highest BCUT2D eigenvalue weighted by Gasteiger charge is 2.15. The highest BCUT2D eigenvalue weighted by Crippen LogP contribution is 2.22. The second-order valence-electron chi connectivity index (χ2n) is 6.10. The van der Waals surface area contributed by atoms with E-state index in [0.717, 1.165) is 5.39 Å². The molecule has 0 spiro atoms. The molecule has 0 bridgehead atoms. The number of furan rings is 1. The Morgan fingerprint density at radius 1 is 0.786 bits per heavy atom. The molecular formula is C21H16N2O4S. The van der Waals surface area contributed by atoms with Crippen molar-refractivity contribution in [2.24, 2.45) is 0 Å². The number of para-hydroxylation sites is 1. The van der Waals surface area contributed by atoms with E-state index in [1.807, 2.05) is 18.2 Å². The maximum atomic E-state index is 12.5. The molecule has 0 fully saturated rings. The fourth-order valence-electron chi connectivity index (χ4n) is 2.76. The average Bonchev–Trinajstić information content (AvgIpc) is 3.13. The largest absolute Gasteiger partial charge is 0.451 e. The molecule has 0 unspecified atom stereocenters. The second kappa shape index (κ2) is 7.21. The quantitative estimate of drug-likeness (QED) is 0.524. The Morgan fingerprint density at radius 3 is 2.29 bits per heavy atom. The van der Waals surface area contributed by atoms with Crippen LogP contribution >= 0.6 is 0 Å². The highest BCUT2D eigenvalue weighted by atomic mass is 32.2. The summed E-state index contributed by atoms with van der Waals surface area (Å²) >= 11 is 0. The molecule has 0 saturated carbocycles. The minimum atomic E-state index is -3.71. The van der Waals surface area contributed by atoms with Crippen molar-refractivity contribution in [3.8, 4) is 0 Å². The van der Waals surface area contributed by atoms with Crippen LogP contribution in [0.4, 0.5) is 11.4 Å². The van der Waals surface area contributed by atoms with E-state index in [2.05, 4.69) is 10.0 Å². The van der Waals surface area contributed by atoms with Crippen molar-refractivity contribution < 1.29 is 17.6 Å². The normalized spacial score (nSPS) is 11.3. The van der Waals surface area contributed by atoms with E-state index in [1.54, 1.807) is 54.6 Å². The minimum absolute atomic E-state index is 0.159. The molecule has 1 heterocycles. The van der Waals surface area contributed by atoms with Gasteiger partial charge in [0.2, 0.25) is 0 Å². The number of nitrogens with one attached hydrogen (secondary N) is 2. The van der Waals surface area contributed by atoms with Gasteiger partial charge in [-0.3, -0.25) is 9.52 Å². The molecule has 140 valence electrons. The lowest BCUT2D eigenvalue weighted by molar-refractivity contribution is 0.0998.